The van der Waals surface area contributed by atoms with Gasteiger partial charge in [-0.25, -0.2) is 4.79 Å². The second kappa shape index (κ2) is 3.30. The molecule has 4 atom stereocenters. The van der Waals surface area contributed by atoms with Crippen molar-refractivity contribution < 1.29 is 30.0 Å². The lowest BCUT2D eigenvalue weighted by atomic mass is 9.73. The van der Waals surface area contributed by atoms with E-state index >= 15 is 0 Å². The molecule has 14 heavy (non-hydrogen) atoms. The largest absolute Gasteiger partial charge is 0.479 e. The Morgan fingerprint density at radius 3 is 2.43 bits per heavy atom. The van der Waals surface area contributed by atoms with E-state index in [1.807, 2.05) is 0 Å². The molecule has 1 rings (SSSR count). The first-order valence-electron chi connectivity index (χ1n) is 4.16. The van der Waals surface area contributed by atoms with E-state index in [1.165, 1.54) is 6.92 Å². The summed E-state index contributed by atoms with van der Waals surface area (Å²) < 4.78 is 0. The molecular formula is C8H12O6. The van der Waals surface area contributed by atoms with Gasteiger partial charge in [0.25, 0.3) is 0 Å². The molecule has 0 aliphatic heterocycles. The maximum atomic E-state index is 11.2. The van der Waals surface area contributed by atoms with Gasteiger partial charge in [0.2, 0.25) is 0 Å². The Hall–Kier alpha value is -0.980. The predicted octanol–water partition coefficient (Wildman–Crippen LogP) is -1.87. The zero-order valence-corrected chi connectivity index (χ0v) is 7.54. The highest BCUT2D eigenvalue weighted by Gasteiger charge is 2.54. The number of carboxylic acid groups (broad SMARTS) is 1. The van der Waals surface area contributed by atoms with E-state index in [4.69, 9.17) is 15.3 Å². The van der Waals surface area contributed by atoms with E-state index in [-0.39, 0.29) is 0 Å². The van der Waals surface area contributed by atoms with Crippen molar-refractivity contribution in [3.05, 3.63) is 0 Å². The molecule has 0 aromatic carbocycles. The summed E-state index contributed by atoms with van der Waals surface area (Å²) in [7, 11) is 0. The number of aliphatic carboxylic acids is 1. The Balaban J connectivity index is 3.02. The standard InChI is InChI=1S/C8H12O6/c1-3-5(10)6(11)4(9)2-8(3,14)7(12)13/h3-4,6,9,11,14H,2H2,1H3,(H,12,13)/t3-,4+,6-,8+/m0/s1. The van der Waals surface area contributed by atoms with Crippen LogP contribution in [0.3, 0.4) is 0 Å². The fraction of sp³-hybridized carbons (Fsp3) is 0.750. The summed E-state index contributed by atoms with van der Waals surface area (Å²) in [5, 5.41) is 36.6. The van der Waals surface area contributed by atoms with Crippen molar-refractivity contribution in [3.63, 3.8) is 0 Å². The predicted molar refractivity (Wildman–Crippen MR) is 43.4 cm³/mol. The highest BCUT2D eigenvalue weighted by molar-refractivity contribution is 5.94. The van der Waals surface area contributed by atoms with E-state index in [9.17, 15) is 14.7 Å². The SMILES string of the molecule is C[C@H]1C(=O)[C@@H](O)[C@H](O)C[C@]1(O)C(=O)O. The Bertz CT molecular complexity index is 275. The molecule has 0 saturated heterocycles. The van der Waals surface area contributed by atoms with Gasteiger partial charge in [-0.2, -0.15) is 0 Å². The lowest BCUT2D eigenvalue weighted by Crippen LogP contribution is -2.59. The summed E-state index contributed by atoms with van der Waals surface area (Å²) >= 11 is 0. The number of hydrogen-bond acceptors (Lipinski definition) is 5. The van der Waals surface area contributed by atoms with Crippen molar-refractivity contribution in [1.29, 1.82) is 0 Å². The number of ketones is 1. The normalized spacial score (nSPS) is 43.7. The van der Waals surface area contributed by atoms with Crippen LogP contribution in [0, 0.1) is 5.92 Å². The van der Waals surface area contributed by atoms with Crippen LogP contribution in [0.5, 0.6) is 0 Å². The summed E-state index contributed by atoms with van der Waals surface area (Å²) in [5.41, 5.74) is -2.28. The minimum absolute atomic E-state index is 0.545. The molecule has 4 N–H and O–H groups in total. The number of aliphatic hydroxyl groups excluding tert-OH is 2. The van der Waals surface area contributed by atoms with Crippen LogP contribution >= 0.6 is 0 Å². The molecule has 0 unspecified atom stereocenters. The highest BCUT2D eigenvalue weighted by Crippen LogP contribution is 2.31. The summed E-state index contributed by atoms with van der Waals surface area (Å²) in [5.74, 6) is -3.64. The fourth-order valence-electron chi connectivity index (χ4n) is 1.56. The third-order valence-corrected chi connectivity index (χ3v) is 2.69. The van der Waals surface area contributed by atoms with Crippen LogP contribution < -0.4 is 0 Å². The Morgan fingerprint density at radius 2 is 2.00 bits per heavy atom. The quantitative estimate of drug-likeness (QED) is 0.398. The second-order valence-corrected chi connectivity index (χ2v) is 3.57. The monoisotopic (exact) mass is 204 g/mol. The topological polar surface area (TPSA) is 115 Å². The van der Waals surface area contributed by atoms with Crippen molar-refractivity contribution in [1.82, 2.24) is 0 Å². The van der Waals surface area contributed by atoms with Crippen molar-refractivity contribution in [2.75, 3.05) is 0 Å². The summed E-state index contributed by atoms with van der Waals surface area (Å²) in [4.78, 5) is 21.9. The molecular weight excluding hydrogens is 192 g/mol. The number of carbonyl (C=O) groups excluding carboxylic acids is 1. The molecule has 6 nitrogen and oxygen atoms in total. The van der Waals surface area contributed by atoms with Gasteiger partial charge in [-0.1, -0.05) is 6.92 Å². The van der Waals surface area contributed by atoms with E-state index in [2.05, 4.69) is 0 Å². The zero-order valence-electron chi connectivity index (χ0n) is 7.54. The Morgan fingerprint density at radius 1 is 1.50 bits per heavy atom. The number of rotatable bonds is 1. The second-order valence-electron chi connectivity index (χ2n) is 3.57. The number of carbonyl (C=O) groups is 2. The van der Waals surface area contributed by atoms with Gasteiger partial charge < -0.3 is 20.4 Å². The lowest BCUT2D eigenvalue weighted by Gasteiger charge is -2.37. The van der Waals surface area contributed by atoms with Gasteiger partial charge in [-0.15, -0.1) is 0 Å². The molecule has 1 fully saturated rings. The molecule has 0 bridgehead atoms. The molecule has 0 radical (unpaired) electrons. The van der Waals surface area contributed by atoms with E-state index in [1.54, 1.807) is 0 Å². The molecule has 0 aromatic rings. The van der Waals surface area contributed by atoms with Crippen LogP contribution in [0.2, 0.25) is 0 Å². The number of hydrogen-bond donors (Lipinski definition) is 4. The first kappa shape index (κ1) is 11.1. The molecule has 1 saturated carbocycles. The van der Waals surface area contributed by atoms with Crippen molar-refractivity contribution in [3.8, 4) is 0 Å². The first-order valence-corrected chi connectivity index (χ1v) is 4.16. The van der Waals surface area contributed by atoms with E-state index in [0.717, 1.165) is 0 Å². The zero-order chi connectivity index (χ0) is 11.1. The maximum Gasteiger partial charge on any atom is 0.336 e. The number of aliphatic hydroxyl groups is 3. The van der Waals surface area contributed by atoms with Gasteiger partial charge in [0, 0.05) is 6.42 Å². The van der Waals surface area contributed by atoms with Gasteiger partial charge in [0.05, 0.1) is 12.0 Å². The average molecular weight is 204 g/mol. The fourth-order valence-corrected chi connectivity index (χ4v) is 1.56. The third-order valence-electron chi connectivity index (χ3n) is 2.69. The third kappa shape index (κ3) is 1.41. The molecule has 6 heteroatoms. The lowest BCUT2D eigenvalue weighted by molar-refractivity contribution is -0.186. The van der Waals surface area contributed by atoms with Gasteiger partial charge >= 0.3 is 5.97 Å². The molecule has 0 spiro atoms. The van der Waals surface area contributed by atoms with Crippen LogP contribution in [0.25, 0.3) is 0 Å². The minimum atomic E-state index is -2.28. The van der Waals surface area contributed by atoms with Gasteiger partial charge in [0.1, 0.15) is 6.10 Å². The minimum Gasteiger partial charge on any atom is -0.479 e. The Kier molecular flexibility index (Phi) is 2.62. The van der Waals surface area contributed by atoms with Crippen LogP contribution in [-0.4, -0.2) is 50.0 Å². The first-order chi connectivity index (χ1) is 6.30. The molecule has 1 aliphatic rings. The summed E-state index contributed by atoms with van der Waals surface area (Å²) in [6, 6.07) is 0. The number of carboxylic acids is 1. The molecule has 0 aromatic heterocycles. The van der Waals surface area contributed by atoms with Crippen LogP contribution in [0.1, 0.15) is 13.3 Å². The molecule has 1 aliphatic carbocycles. The Labute approximate surface area is 79.8 Å². The van der Waals surface area contributed by atoms with E-state index in [0.29, 0.717) is 0 Å². The van der Waals surface area contributed by atoms with Crippen LogP contribution in [0.4, 0.5) is 0 Å². The maximum absolute atomic E-state index is 11.2. The van der Waals surface area contributed by atoms with Crippen LogP contribution in [-0.2, 0) is 9.59 Å². The summed E-state index contributed by atoms with van der Waals surface area (Å²) in [6.45, 7) is 1.21. The van der Waals surface area contributed by atoms with Crippen molar-refractivity contribution in [2.45, 2.75) is 31.2 Å². The summed E-state index contributed by atoms with van der Waals surface area (Å²) in [6.07, 6.45) is -3.68. The number of Topliss-reactive ketones (excluding diaryl/α,β-unsaturated/α-hetero) is 1. The van der Waals surface area contributed by atoms with Gasteiger partial charge in [-0.05, 0) is 0 Å². The smallest absolute Gasteiger partial charge is 0.336 e. The van der Waals surface area contributed by atoms with Crippen molar-refractivity contribution >= 4 is 11.8 Å². The van der Waals surface area contributed by atoms with Gasteiger partial charge in [0.15, 0.2) is 11.4 Å². The highest BCUT2D eigenvalue weighted by atomic mass is 16.4. The molecule has 80 valence electrons. The molecule has 0 amide bonds. The average Bonchev–Trinajstić information content (AvgIpc) is 2.11. The van der Waals surface area contributed by atoms with Crippen molar-refractivity contribution in [2.24, 2.45) is 5.92 Å². The van der Waals surface area contributed by atoms with Crippen LogP contribution in [0.15, 0.2) is 0 Å². The van der Waals surface area contributed by atoms with E-state index < -0.39 is 41.9 Å². The molecule has 0 heterocycles. The van der Waals surface area contributed by atoms with Gasteiger partial charge in [-0.3, -0.25) is 4.79 Å².